The minimum absolute atomic E-state index is 0.245. The number of urea groups is 1. The molecule has 1 fully saturated rings. The quantitative estimate of drug-likeness (QED) is 0.591. The second-order valence-electron chi connectivity index (χ2n) is 6.79. The summed E-state index contributed by atoms with van der Waals surface area (Å²) in [4.78, 5) is 49.4. The number of carbonyl (C=O) groups is 3. The molecule has 27 heavy (non-hydrogen) atoms. The van der Waals surface area contributed by atoms with Crippen LogP contribution in [0.15, 0.2) is 36.8 Å². The van der Waals surface area contributed by atoms with Crippen LogP contribution in [0.1, 0.15) is 28.8 Å². The van der Waals surface area contributed by atoms with Gasteiger partial charge in [-0.2, -0.15) is 0 Å². The Labute approximate surface area is 153 Å². The number of hydrogen-bond donors (Lipinski definition) is 3. The number of aromatic nitrogens is 3. The Morgan fingerprint density at radius 1 is 0.926 bits per heavy atom. The molecule has 5 rings (SSSR count). The molecule has 0 unspecified atom stereocenters. The highest BCUT2D eigenvalue weighted by atomic mass is 16.2. The Morgan fingerprint density at radius 3 is 2.52 bits per heavy atom. The Bertz CT molecular complexity index is 1110. The van der Waals surface area contributed by atoms with Crippen molar-refractivity contribution in [3.63, 3.8) is 0 Å². The summed E-state index contributed by atoms with van der Waals surface area (Å²) < 4.78 is 0. The van der Waals surface area contributed by atoms with E-state index in [0.717, 1.165) is 24.8 Å². The third kappa shape index (κ3) is 2.06. The van der Waals surface area contributed by atoms with Gasteiger partial charge in [-0.3, -0.25) is 20.2 Å². The van der Waals surface area contributed by atoms with Crippen molar-refractivity contribution < 1.29 is 14.4 Å². The maximum atomic E-state index is 13.1. The summed E-state index contributed by atoms with van der Waals surface area (Å²) in [5.41, 5.74) is 1.81. The maximum absolute atomic E-state index is 13.1. The third-order valence-electron chi connectivity index (χ3n) is 5.38. The van der Waals surface area contributed by atoms with Gasteiger partial charge in [0.2, 0.25) is 0 Å². The molecule has 0 radical (unpaired) electrons. The molecule has 0 atom stereocenters. The molecule has 8 heteroatoms. The molecule has 8 nitrogen and oxygen atoms in total. The summed E-state index contributed by atoms with van der Waals surface area (Å²) in [5, 5.41) is 5.04. The van der Waals surface area contributed by atoms with Crippen molar-refractivity contribution in [2.45, 2.75) is 24.7 Å². The minimum Gasteiger partial charge on any atom is -0.346 e. The zero-order valence-corrected chi connectivity index (χ0v) is 14.2. The number of fused-ring (bicyclic) bond motifs is 2. The lowest BCUT2D eigenvalue weighted by Crippen LogP contribution is -2.65. The zero-order valence-electron chi connectivity index (χ0n) is 14.2. The van der Waals surface area contributed by atoms with Crippen LogP contribution >= 0.6 is 0 Å². The standard InChI is InChI=1S/C19H15N5O3/c25-16-19(17(26)24-18(27)23-16,12-5-4-10-2-1-3-11(10)8-12)14-13-6-7-20-15(13)22-9-21-14/h4-9H,1-3H2,(H,20,21,22)(H2,23,24,25,26,27). The van der Waals surface area contributed by atoms with Gasteiger partial charge in [-0.1, -0.05) is 18.2 Å². The Balaban J connectivity index is 1.84. The summed E-state index contributed by atoms with van der Waals surface area (Å²) in [6.07, 6.45) is 5.89. The van der Waals surface area contributed by atoms with E-state index in [2.05, 4.69) is 25.6 Å². The van der Waals surface area contributed by atoms with Crippen LogP contribution in [0.2, 0.25) is 0 Å². The van der Waals surface area contributed by atoms with Crippen molar-refractivity contribution >= 4 is 28.9 Å². The van der Waals surface area contributed by atoms with Gasteiger partial charge in [-0.15, -0.1) is 0 Å². The number of carbonyl (C=O) groups excluding carboxylic acids is 3. The minimum atomic E-state index is -1.77. The molecule has 0 spiro atoms. The van der Waals surface area contributed by atoms with E-state index < -0.39 is 23.3 Å². The summed E-state index contributed by atoms with van der Waals surface area (Å²) in [6, 6.07) is 6.50. The molecular formula is C19H15N5O3. The van der Waals surface area contributed by atoms with Crippen LogP contribution in [0.4, 0.5) is 4.79 Å². The first-order valence-electron chi connectivity index (χ1n) is 8.68. The third-order valence-corrected chi connectivity index (χ3v) is 5.38. The zero-order chi connectivity index (χ0) is 18.6. The topological polar surface area (TPSA) is 117 Å². The van der Waals surface area contributed by atoms with Crippen molar-refractivity contribution in [2.24, 2.45) is 0 Å². The van der Waals surface area contributed by atoms with Gasteiger partial charge in [-0.05, 0) is 42.0 Å². The summed E-state index contributed by atoms with van der Waals surface area (Å²) >= 11 is 0. The molecule has 2 aromatic heterocycles. The summed E-state index contributed by atoms with van der Waals surface area (Å²) in [7, 11) is 0. The van der Waals surface area contributed by atoms with Crippen LogP contribution in [0.25, 0.3) is 11.0 Å². The number of aryl methyl sites for hydroxylation is 2. The molecule has 134 valence electrons. The van der Waals surface area contributed by atoms with E-state index >= 15 is 0 Å². The highest BCUT2D eigenvalue weighted by Gasteiger charge is 2.55. The lowest BCUT2D eigenvalue weighted by Gasteiger charge is -2.34. The molecule has 1 aromatic carbocycles. The van der Waals surface area contributed by atoms with E-state index in [4.69, 9.17) is 0 Å². The van der Waals surface area contributed by atoms with Gasteiger partial charge in [-0.25, -0.2) is 14.8 Å². The van der Waals surface area contributed by atoms with Gasteiger partial charge in [0.15, 0.2) is 5.41 Å². The molecule has 1 aliphatic heterocycles. The average molecular weight is 361 g/mol. The van der Waals surface area contributed by atoms with Gasteiger partial charge in [0, 0.05) is 11.6 Å². The first-order chi connectivity index (χ1) is 13.1. The molecule has 2 aliphatic rings. The van der Waals surface area contributed by atoms with E-state index in [0.29, 0.717) is 16.6 Å². The normalized spacial score (nSPS) is 18.3. The molecular weight excluding hydrogens is 346 g/mol. The molecule has 3 N–H and O–H groups in total. The molecule has 0 bridgehead atoms. The summed E-state index contributed by atoms with van der Waals surface area (Å²) in [5.74, 6) is -1.43. The number of imide groups is 2. The number of aromatic amines is 1. The number of rotatable bonds is 2. The predicted octanol–water partition coefficient (Wildman–Crippen LogP) is 1.10. The molecule has 3 aromatic rings. The largest absolute Gasteiger partial charge is 0.346 e. The molecule has 4 amide bonds. The van der Waals surface area contributed by atoms with Crippen molar-refractivity contribution in [3.8, 4) is 0 Å². The fraction of sp³-hybridized carbons (Fsp3) is 0.211. The highest BCUT2D eigenvalue weighted by molar-refractivity contribution is 6.26. The Kier molecular flexibility index (Phi) is 3.18. The second-order valence-corrected chi connectivity index (χ2v) is 6.79. The van der Waals surface area contributed by atoms with E-state index in [9.17, 15) is 14.4 Å². The molecule has 1 aliphatic carbocycles. The van der Waals surface area contributed by atoms with Crippen LogP contribution in [0.5, 0.6) is 0 Å². The molecule has 1 saturated heterocycles. The fourth-order valence-corrected chi connectivity index (χ4v) is 4.12. The van der Waals surface area contributed by atoms with Crippen molar-refractivity contribution in [1.29, 1.82) is 0 Å². The Hall–Kier alpha value is -3.55. The van der Waals surface area contributed by atoms with Crippen molar-refractivity contribution in [3.05, 3.63) is 59.2 Å². The van der Waals surface area contributed by atoms with Crippen LogP contribution in [0.3, 0.4) is 0 Å². The van der Waals surface area contributed by atoms with E-state index in [1.807, 2.05) is 12.1 Å². The molecule has 0 saturated carbocycles. The Morgan fingerprint density at radius 2 is 1.70 bits per heavy atom. The lowest BCUT2D eigenvalue weighted by molar-refractivity contribution is -0.136. The second kappa shape index (κ2) is 5.47. The van der Waals surface area contributed by atoms with Crippen LogP contribution in [0, 0.1) is 0 Å². The first kappa shape index (κ1) is 15.7. The number of barbiturate groups is 1. The van der Waals surface area contributed by atoms with Crippen LogP contribution in [-0.2, 0) is 27.8 Å². The van der Waals surface area contributed by atoms with Gasteiger partial charge in [0.05, 0.1) is 5.69 Å². The number of H-pyrrole nitrogens is 1. The average Bonchev–Trinajstić information content (AvgIpc) is 3.30. The SMILES string of the molecule is O=C1NC(=O)C(c2ccc3c(c2)CCC3)(c2ncnc3[nH]ccc23)C(=O)N1. The number of nitrogens with zero attached hydrogens (tertiary/aromatic N) is 2. The number of hydrogen-bond acceptors (Lipinski definition) is 5. The van der Waals surface area contributed by atoms with Gasteiger partial charge >= 0.3 is 6.03 Å². The van der Waals surface area contributed by atoms with Crippen molar-refractivity contribution in [2.75, 3.05) is 0 Å². The highest BCUT2D eigenvalue weighted by Crippen LogP contribution is 2.38. The van der Waals surface area contributed by atoms with Crippen LogP contribution < -0.4 is 10.6 Å². The number of nitrogens with one attached hydrogen (secondary N) is 3. The monoisotopic (exact) mass is 361 g/mol. The van der Waals surface area contributed by atoms with Crippen molar-refractivity contribution in [1.82, 2.24) is 25.6 Å². The van der Waals surface area contributed by atoms with E-state index in [1.54, 1.807) is 18.3 Å². The fourth-order valence-electron chi connectivity index (χ4n) is 4.12. The van der Waals surface area contributed by atoms with E-state index in [-0.39, 0.29) is 5.69 Å². The van der Waals surface area contributed by atoms with Gasteiger partial charge in [0.1, 0.15) is 12.0 Å². The lowest BCUT2D eigenvalue weighted by atomic mass is 9.73. The van der Waals surface area contributed by atoms with Gasteiger partial charge < -0.3 is 4.98 Å². The van der Waals surface area contributed by atoms with Crippen LogP contribution in [-0.4, -0.2) is 32.8 Å². The molecule has 3 heterocycles. The predicted molar refractivity (Wildman–Crippen MR) is 94.8 cm³/mol. The van der Waals surface area contributed by atoms with E-state index in [1.165, 1.54) is 11.9 Å². The summed E-state index contributed by atoms with van der Waals surface area (Å²) in [6.45, 7) is 0. The maximum Gasteiger partial charge on any atom is 0.328 e. The number of benzene rings is 1. The smallest absolute Gasteiger partial charge is 0.328 e. The van der Waals surface area contributed by atoms with Gasteiger partial charge in [0.25, 0.3) is 11.8 Å². The number of amides is 4. The first-order valence-corrected chi connectivity index (χ1v) is 8.68.